The van der Waals surface area contributed by atoms with E-state index in [1.54, 1.807) is 0 Å². The first kappa shape index (κ1) is 19.3. The van der Waals surface area contributed by atoms with Crippen molar-refractivity contribution in [2.45, 2.75) is 45.3 Å². The molecule has 0 saturated carbocycles. The van der Waals surface area contributed by atoms with Gasteiger partial charge in [-0.25, -0.2) is 4.79 Å². The van der Waals surface area contributed by atoms with Crippen LogP contribution in [0, 0.1) is 0 Å². The summed E-state index contributed by atoms with van der Waals surface area (Å²) in [6, 6.07) is 22.9. The van der Waals surface area contributed by atoms with Crippen molar-refractivity contribution in [1.82, 2.24) is 14.8 Å². The molecule has 3 aromatic rings. The van der Waals surface area contributed by atoms with Crippen LogP contribution in [0.25, 0.3) is 0 Å². The monoisotopic (exact) mass is 387 g/mol. The van der Waals surface area contributed by atoms with E-state index >= 15 is 0 Å². The molecule has 2 heterocycles. The second-order valence-corrected chi connectivity index (χ2v) is 8.74. The third kappa shape index (κ3) is 4.07. The summed E-state index contributed by atoms with van der Waals surface area (Å²) in [4.78, 5) is 15.1. The summed E-state index contributed by atoms with van der Waals surface area (Å²) in [5, 5.41) is 3.10. The van der Waals surface area contributed by atoms with E-state index in [1.807, 2.05) is 35.2 Å². The highest BCUT2D eigenvalue weighted by molar-refractivity contribution is 5.75. The average Bonchev–Trinajstić information content (AvgIpc) is 3.20. The van der Waals surface area contributed by atoms with Gasteiger partial charge in [0, 0.05) is 31.5 Å². The summed E-state index contributed by atoms with van der Waals surface area (Å²) in [7, 11) is 0. The van der Waals surface area contributed by atoms with Crippen LogP contribution in [0.5, 0.6) is 0 Å². The van der Waals surface area contributed by atoms with E-state index in [1.165, 1.54) is 5.56 Å². The number of nitrogens with zero attached hydrogens (tertiary/aromatic N) is 2. The van der Waals surface area contributed by atoms with E-state index in [0.717, 1.165) is 23.4 Å². The minimum absolute atomic E-state index is 0.0220. The molecule has 0 fully saturated rings. The molecule has 1 aliphatic heterocycles. The van der Waals surface area contributed by atoms with Crippen molar-refractivity contribution in [3.8, 4) is 0 Å². The van der Waals surface area contributed by atoms with Gasteiger partial charge in [0.05, 0.1) is 6.04 Å². The van der Waals surface area contributed by atoms with Gasteiger partial charge in [0.15, 0.2) is 0 Å². The predicted octanol–water partition coefficient (Wildman–Crippen LogP) is 5.10. The molecule has 1 N–H and O–H groups in total. The van der Waals surface area contributed by atoms with E-state index in [0.29, 0.717) is 13.1 Å². The van der Waals surface area contributed by atoms with Crippen LogP contribution in [-0.4, -0.2) is 22.0 Å². The quantitative estimate of drug-likeness (QED) is 0.667. The Labute approximate surface area is 173 Å². The first-order valence-electron chi connectivity index (χ1n) is 10.3. The fourth-order valence-corrected chi connectivity index (χ4v) is 3.99. The Balaban J connectivity index is 1.60. The van der Waals surface area contributed by atoms with Crippen LogP contribution in [0.2, 0.25) is 0 Å². The molecule has 0 spiro atoms. The van der Waals surface area contributed by atoms with Crippen molar-refractivity contribution in [3.05, 3.63) is 95.3 Å². The number of carbonyl (C=O) groups is 1. The third-order valence-corrected chi connectivity index (χ3v) is 5.68. The van der Waals surface area contributed by atoms with Crippen molar-refractivity contribution < 1.29 is 4.79 Å². The van der Waals surface area contributed by atoms with E-state index in [9.17, 15) is 4.79 Å². The van der Waals surface area contributed by atoms with Crippen LogP contribution in [0.1, 0.15) is 49.2 Å². The summed E-state index contributed by atoms with van der Waals surface area (Å²) in [6.07, 6.45) is 2.10. The lowest BCUT2D eigenvalue weighted by atomic mass is 9.86. The smallest absolute Gasteiger partial charge is 0.318 e. The number of benzene rings is 2. The zero-order valence-corrected chi connectivity index (χ0v) is 17.4. The minimum Gasteiger partial charge on any atom is -0.348 e. The Morgan fingerprint density at radius 2 is 1.69 bits per heavy atom. The molecule has 0 aliphatic carbocycles. The topological polar surface area (TPSA) is 37.3 Å². The normalized spacial score (nSPS) is 16.4. The van der Waals surface area contributed by atoms with Gasteiger partial charge in [0.1, 0.15) is 0 Å². The molecular weight excluding hydrogens is 358 g/mol. The molecule has 4 nitrogen and oxygen atoms in total. The number of fused-ring (bicyclic) bond motifs is 1. The molecule has 2 amide bonds. The summed E-state index contributed by atoms with van der Waals surface area (Å²) < 4.78 is 2.25. The van der Waals surface area contributed by atoms with Gasteiger partial charge in [-0.1, -0.05) is 75.4 Å². The average molecular weight is 388 g/mol. The number of nitrogens with one attached hydrogen (secondary N) is 1. The molecule has 4 heteroatoms. The number of carbonyl (C=O) groups excluding carboxylic acids is 1. The fraction of sp³-hybridized carbons (Fsp3) is 0.320. The maximum absolute atomic E-state index is 13.1. The molecule has 150 valence electrons. The lowest BCUT2D eigenvalue weighted by Crippen LogP contribution is -2.47. The Morgan fingerprint density at radius 1 is 0.966 bits per heavy atom. The summed E-state index contributed by atoms with van der Waals surface area (Å²) in [5.41, 5.74) is 4.82. The van der Waals surface area contributed by atoms with Crippen LogP contribution in [0.4, 0.5) is 4.79 Å². The maximum atomic E-state index is 13.1. The maximum Gasteiger partial charge on any atom is 0.318 e. The van der Waals surface area contributed by atoms with Crippen LogP contribution in [-0.2, 0) is 18.5 Å². The van der Waals surface area contributed by atoms with Gasteiger partial charge < -0.3 is 14.8 Å². The van der Waals surface area contributed by atoms with Crippen LogP contribution < -0.4 is 5.32 Å². The molecular formula is C25H29N3O. The molecule has 1 atom stereocenters. The van der Waals surface area contributed by atoms with Crippen molar-refractivity contribution in [3.63, 3.8) is 0 Å². The standard InChI is InChI=1S/C25H29N3O/c1-25(2,3)21-13-11-20(12-14-21)23-22-10-7-15-27(22)16-17-28(23)24(29)26-18-19-8-5-4-6-9-19/h4-15,23H,16-18H2,1-3H3,(H,26,29)/t23-/m0/s1. The largest absolute Gasteiger partial charge is 0.348 e. The van der Waals surface area contributed by atoms with Crippen molar-refractivity contribution in [2.24, 2.45) is 0 Å². The van der Waals surface area contributed by atoms with Gasteiger partial charge in [0.25, 0.3) is 0 Å². The second kappa shape index (κ2) is 7.78. The number of amides is 2. The number of aromatic nitrogens is 1. The molecule has 1 aliphatic rings. The minimum atomic E-state index is -0.0801. The number of rotatable bonds is 3. The highest BCUT2D eigenvalue weighted by Crippen LogP contribution is 2.33. The number of hydrogen-bond donors (Lipinski definition) is 1. The van der Waals surface area contributed by atoms with Crippen LogP contribution in [0.3, 0.4) is 0 Å². The molecule has 0 saturated heterocycles. The SMILES string of the molecule is CC(C)(C)c1ccc([C@H]2c3cccn3CCN2C(=O)NCc2ccccc2)cc1. The van der Waals surface area contributed by atoms with E-state index in [2.05, 4.69) is 73.3 Å². The summed E-state index contributed by atoms with van der Waals surface area (Å²) >= 11 is 0. The van der Waals surface area contributed by atoms with Gasteiger partial charge in [-0.15, -0.1) is 0 Å². The summed E-state index contributed by atoms with van der Waals surface area (Å²) in [5.74, 6) is 0. The number of urea groups is 1. The molecule has 0 bridgehead atoms. The molecule has 0 unspecified atom stereocenters. The lowest BCUT2D eigenvalue weighted by molar-refractivity contribution is 0.168. The van der Waals surface area contributed by atoms with Gasteiger partial charge in [0.2, 0.25) is 0 Å². The Bertz CT molecular complexity index is 967. The van der Waals surface area contributed by atoms with Gasteiger partial charge in [-0.2, -0.15) is 0 Å². The molecule has 4 rings (SSSR count). The van der Waals surface area contributed by atoms with Crippen LogP contribution in [0.15, 0.2) is 72.9 Å². The number of hydrogen-bond acceptors (Lipinski definition) is 1. The highest BCUT2D eigenvalue weighted by atomic mass is 16.2. The first-order chi connectivity index (χ1) is 13.9. The van der Waals surface area contributed by atoms with Crippen LogP contribution >= 0.6 is 0 Å². The van der Waals surface area contributed by atoms with E-state index in [-0.39, 0.29) is 17.5 Å². The Kier molecular flexibility index (Phi) is 5.18. The molecule has 2 aromatic carbocycles. The van der Waals surface area contributed by atoms with Gasteiger partial charge in [-0.05, 0) is 34.2 Å². The molecule has 1 aromatic heterocycles. The first-order valence-corrected chi connectivity index (χ1v) is 10.3. The third-order valence-electron chi connectivity index (χ3n) is 5.68. The second-order valence-electron chi connectivity index (χ2n) is 8.74. The zero-order chi connectivity index (χ0) is 20.4. The Morgan fingerprint density at radius 3 is 2.38 bits per heavy atom. The fourth-order valence-electron chi connectivity index (χ4n) is 3.99. The van der Waals surface area contributed by atoms with Crippen molar-refractivity contribution in [2.75, 3.05) is 6.54 Å². The van der Waals surface area contributed by atoms with Gasteiger partial charge in [-0.3, -0.25) is 0 Å². The van der Waals surface area contributed by atoms with E-state index in [4.69, 9.17) is 0 Å². The lowest BCUT2D eigenvalue weighted by Gasteiger charge is -2.37. The molecule has 0 radical (unpaired) electrons. The molecule has 29 heavy (non-hydrogen) atoms. The van der Waals surface area contributed by atoms with Gasteiger partial charge >= 0.3 is 6.03 Å². The van der Waals surface area contributed by atoms with Crippen molar-refractivity contribution >= 4 is 6.03 Å². The highest BCUT2D eigenvalue weighted by Gasteiger charge is 2.32. The predicted molar refractivity (Wildman–Crippen MR) is 117 cm³/mol. The zero-order valence-electron chi connectivity index (χ0n) is 17.4. The Hall–Kier alpha value is -3.01. The van der Waals surface area contributed by atoms with E-state index < -0.39 is 0 Å². The summed E-state index contributed by atoms with van der Waals surface area (Å²) in [6.45, 7) is 8.70. The van der Waals surface area contributed by atoms with Crippen molar-refractivity contribution in [1.29, 1.82) is 0 Å².